The molecule has 0 unspecified atom stereocenters. The Balaban J connectivity index is 1.55. The lowest BCUT2D eigenvalue weighted by atomic mass is 10.1. The molecule has 0 saturated heterocycles. The van der Waals surface area contributed by atoms with Crippen LogP contribution in [0.5, 0.6) is 5.75 Å². The number of hydrogen-bond donors (Lipinski definition) is 3. The van der Waals surface area contributed by atoms with Crippen molar-refractivity contribution in [3.63, 3.8) is 0 Å². The van der Waals surface area contributed by atoms with E-state index in [9.17, 15) is 14.7 Å². The normalized spacial score (nSPS) is 10.8. The molecule has 1 heterocycles. The number of halogens is 1. The molecule has 1 aromatic carbocycles. The zero-order valence-corrected chi connectivity index (χ0v) is 16.5. The Morgan fingerprint density at radius 3 is 2.50 bits per heavy atom. The van der Waals surface area contributed by atoms with Crippen molar-refractivity contribution in [1.82, 2.24) is 5.43 Å². The van der Waals surface area contributed by atoms with Gasteiger partial charge < -0.3 is 10.4 Å². The lowest BCUT2D eigenvalue weighted by Gasteiger charge is -2.06. The lowest BCUT2D eigenvalue weighted by Crippen LogP contribution is -2.17. The van der Waals surface area contributed by atoms with Gasteiger partial charge in [0.1, 0.15) is 5.75 Å². The number of unbranched alkanes of at least 4 members (excludes halogenated alkanes) is 2. The average Bonchev–Trinajstić information content (AvgIpc) is 3.02. The number of hydrazone groups is 1. The summed E-state index contributed by atoms with van der Waals surface area (Å²) in [4.78, 5) is 24.4. The predicted octanol–water partition coefficient (Wildman–Crippen LogP) is 4.26. The Bertz CT molecular complexity index is 777. The SMILES string of the molecule is O=C(CCCCCC(=O)Nc1ccccc1O)N/N=C/c1ccc(Br)s1. The van der Waals surface area contributed by atoms with Gasteiger partial charge in [-0.15, -0.1) is 11.3 Å². The first kappa shape index (κ1) is 20.1. The molecule has 2 aromatic rings. The molecule has 0 fully saturated rings. The van der Waals surface area contributed by atoms with Gasteiger partial charge in [-0.25, -0.2) is 5.43 Å². The van der Waals surface area contributed by atoms with E-state index in [2.05, 4.69) is 31.8 Å². The van der Waals surface area contributed by atoms with E-state index in [0.717, 1.165) is 15.1 Å². The Kier molecular flexibility index (Phi) is 8.30. The standard InChI is InChI=1S/C18H20BrN3O3S/c19-16-11-10-13(26-16)12-20-22-18(25)9-3-1-2-8-17(24)21-14-6-4-5-7-15(14)23/h4-7,10-12,23H,1-3,8-9H2,(H,21,24)(H,22,25)/b20-12+. The minimum absolute atomic E-state index is 0.0491. The Morgan fingerprint density at radius 2 is 1.81 bits per heavy atom. The van der Waals surface area contributed by atoms with E-state index in [1.165, 1.54) is 17.4 Å². The number of carbonyl (C=O) groups excluding carboxylic acids is 2. The summed E-state index contributed by atoms with van der Waals surface area (Å²) >= 11 is 4.89. The van der Waals surface area contributed by atoms with Crippen molar-refractivity contribution in [2.24, 2.45) is 5.10 Å². The number of thiophene rings is 1. The molecule has 0 radical (unpaired) electrons. The molecule has 0 bridgehead atoms. The molecule has 0 aliphatic heterocycles. The number of carbonyl (C=O) groups is 2. The second-order valence-corrected chi connectivity index (χ2v) is 8.06. The smallest absolute Gasteiger partial charge is 0.240 e. The third-order valence-corrected chi connectivity index (χ3v) is 5.02. The van der Waals surface area contributed by atoms with E-state index in [1.807, 2.05) is 12.1 Å². The van der Waals surface area contributed by atoms with Crippen molar-refractivity contribution < 1.29 is 14.7 Å². The number of amides is 2. The van der Waals surface area contributed by atoms with E-state index in [4.69, 9.17) is 0 Å². The topological polar surface area (TPSA) is 90.8 Å². The molecule has 138 valence electrons. The Morgan fingerprint density at radius 1 is 1.08 bits per heavy atom. The number of phenolic OH excluding ortho intramolecular Hbond substituents is 1. The fraction of sp³-hybridized carbons (Fsp3) is 0.278. The molecule has 0 aliphatic rings. The lowest BCUT2D eigenvalue weighted by molar-refractivity contribution is -0.121. The summed E-state index contributed by atoms with van der Waals surface area (Å²) < 4.78 is 1.01. The Hall–Kier alpha value is -2.19. The van der Waals surface area contributed by atoms with Crippen LogP contribution in [0.1, 0.15) is 37.0 Å². The Labute approximate surface area is 164 Å². The molecular weight excluding hydrogens is 418 g/mol. The fourth-order valence-electron chi connectivity index (χ4n) is 2.16. The minimum atomic E-state index is -0.150. The summed E-state index contributed by atoms with van der Waals surface area (Å²) in [6, 6.07) is 10.4. The van der Waals surface area contributed by atoms with Crippen LogP contribution < -0.4 is 10.7 Å². The van der Waals surface area contributed by atoms with Crippen molar-refractivity contribution in [3.8, 4) is 5.75 Å². The highest BCUT2D eigenvalue weighted by atomic mass is 79.9. The number of aromatic hydroxyl groups is 1. The van der Waals surface area contributed by atoms with E-state index in [1.54, 1.807) is 24.4 Å². The third kappa shape index (κ3) is 7.37. The highest BCUT2D eigenvalue weighted by Crippen LogP contribution is 2.22. The molecule has 2 amide bonds. The number of nitrogens with one attached hydrogen (secondary N) is 2. The fourth-order valence-corrected chi connectivity index (χ4v) is 3.46. The maximum absolute atomic E-state index is 11.8. The molecule has 26 heavy (non-hydrogen) atoms. The minimum Gasteiger partial charge on any atom is -0.506 e. The molecule has 0 atom stereocenters. The van der Waals surface area contributed by atoms with Gasteiger partial charge in [0.15, 0.2) is 0 Å². The number of benzene rings is 1. The van der Waals surface area contributed by atoms with Crippen LogP contribution in [-0.2, 0) is 9.59 Å². The van der Waals surface area contributed by atoms with Crippen molar-refractivity contribution in [2.75, 3.05) is 5.32 Å². The number of rotatable bonds is 9. The van der Waals surface area contributed by atoms with Crippen molar-refractivity contribution in [3.05, 3.63) is 45.1 Å². The summed E-state index contributed by atoms with van der Waals surface area (Å²) in [5, 5.41) is 16.2. The first-order valence-corrected chi connectivity index (χ1v) is 9.80. The van der Waals surface area contributed by atoms with Gasteiger partial charge >= 0.3 is 0 Å². The summed E-state index contributed by atoms with van der Waals surface area (Å²) in [5.74, 6) is -0.244. The molecular formula is C18H20BrN3O3S. The van der Waals surface area contributed by atoms with Gasteiger partial charge in [-0.1, -0.05) is 18.6 Å². The van der Waals surface area contributed by atoms with Crippen LogP contribution >= 0.6 is 27.3 Å². The van der Waals surface area contributed by atoms with Gasteiger partial charge in [0.05, 0.1) is 15.7 Å². The molecule has 0 saturated carbocycles. The van der Waals surface area contributed by atoms with E-state index in [0.29, 0.717) is 31.4 Å². The van der Waals surface area contributed by atoms with E-state index in [-0.39, 0.29) is 17.6 Å². The summed E-state index contributed by atoms with van der Waals surface area (Å²) in [5.41, 5.74) is 2.90. The highest BCUT2D eigenvalue weighted by Gasteiger charge is 2.06. The number of nitrogens with zero attached hydrogens (tertiary/aromatic N) is 1. The monoisotopic (exact) mass is 437 g/mol. The van der Waals surface area contributed by atoms with Crippen LogP contribution in [0.2, 0.25) is 0 Å². The zero-order chi connectivity index (χ0) is 18.8. The first-order chi connectivity index (χ1) is 12.5. The van der Waals surface area contributed by atoms with Gasteiger partial charge in [-0.2, -0.15) is 5.10 Å². The van der Waals surface area contributed by atoms with Crippen molar-refractivity contribution in [2.45, 2.75) is 32.1 Å². The number of para-hydroxylation sites is 2. The number of phenols is 1. The van der Waals surface area contributed by atoms with Gasteiger partial charge in [0.25, 0.3) is 0 Å². The quantitative estimate of drug-likeness (QED) is 0.237. The van der Waals surface area contributed by atoms with Crippen LogP contribution in [0.3, 0.4) is 0 Å². The van der Waals surface area contributed by atoms with E-state index >= 15 is 0 Å². The average molecular weight is 438 g/mol. The summed E-state index contributed by atoms with van der Waals surface area (Å²) in [6.07, 6.45) is 4.46. The van der Waals surface area contributed by atoms with Gasteiger partial charge in [0.2, 0.25) is 11.8 Å². The first-order valence-electron chi connectivity index (χ1n) is 8.19. The van der Waals surface area contributed by atoms with Crippen LogP contribution in [-0.4, -0.2) is 23.1 Å². The molecule has 0 spiro atoms. The van der Waals surface area contributed by atoms with E-state index < -0.39 is 0 Å². The van der Waals surface area contributed by atoms with Crippen LogP contribution in [0, 0.1) is 0 Å². The summed E-state index contributed by atoms with van der Waals surface area (Å²) in [6.45, 7) is 0. The molecule has 1 aromatic heterocycles. The molecule has 0 aliphatic carbocycles. The predicted molar refractivity (Wildman–Crippen MR) is 108 cm³/mol. The molecule has 6 nitrogen and oxygen atoms in total. The number of anilines is 1. The van der Waals surface area contributed by atoms with Gasteiger partial charge in [-0.3, -0.25) is 9.59 Å². The second kappa shape index (κ2) is 10.7. The zero-order valence-electron chi connectivity index (χ0n) is 14.1. The molecule has 2 rings (SSSR count). The van der Waals surface area contributed by atoms with Crippen LogP contribution in [0.15, 0.2) is 45.3 Å². The van der Waals surface area contributed by atoms with Gasteiger partial charge in [0, 0.05) is 17.7 Å². The van der Waals surface area contributed by atoms with Crippen LogP contribution in [0.4, 0.5) is 5.69 Å². The third-order valence-electron chi connectivity index (χ3n) is 3.46. The molecule has 3 N–H and O–H groups in total. The maximum atomic E-state index is 11.8. The van der Waals surface area contributed by atoms with Crippen molar-refractivity contribution in [1.29, 1.82) is 0 Å². The summed E-state index contributed by atoms with van der Waals surface area (Å²) in [7, 11) is 0. The van der Waals surface area contributed by atoms with Gasteiger partial charge in [-0.05, 0) is 53.0 Å². The number of hydrogen-bond acceptors (Lipinski definition) is 5. The largest absolute Gasteiger partial charge is 0.506 e. The highest BCUT2D eigenvalue weighted by molar-refractivity contribution is 9.11. The van der Waals surface area contributed by atoms with Crippen molar-refractivity contribution >= 4 is 51.0 Å². The second-order valence-electron chi connectivity index (χ2n) is 5.56. The molecule has 8 heteroatoms. The maximum Gasteiger partial charge on any atom is 0.240 e. The van der Waals surface area contributed by atoms with Crippen LogP contribution in [0.25, 0.3) is 0 Å².